The molecule has 1 saturated carbocycles. The Hall–Kier alpha value is -3.21. The number of nitrogens with zero attached hydrogens (tertiary/aromatic N) is 5. The lowest BCUT2D eigenvalue weighted by Crippen LogP contribution is -2.51. The second-order valence-electron chi connectivity index (χ2n) is 9.26. The van der Waals surface area contributed by atoms with E-state index >= 15 is 0 Å². The van der Waals surface area contributed by atoms with Gasteiger partial charge in [-0.2, -0.15) is 10.1 Å². The number of alkyl halides is 1. The molecule has 3 atom stereocenters. The molecule has 0 aromatic carbocycles. The van der Waals surface area contributed by atoms with Gasteiger partial charge in [0.25, 0.3) is 0 Å². The fraction of sp³-hybridized carbons (Fsp3) is 0.545. The highest BCUT2D eigenvalue weighted by Gasteiger charge is 2.39. The first-order valence-electron chi connectivity index (χ1n) is 11.7. The molecule has 4 N–H and O–H groups in total. The minimum atomic E-state index is -1.11. The number of aromatic amines is 1. The Morgan fingerprint density at radius 3 is 3.00 bits per heavy atom. The number of carbonyl (C=O) groups excluding carboxylic acids is 1. The summed E-state index contributed by atoms with van der Waals surface area (Å²) in [6, 6.07) is 5.21. The Kier molecular flexibility index (Phi) is 5.12. The van der Waals surface area contributed by atoms with Crippen molar-refractivity contribution < 1.29 is 9.18 Å². The molecule has 10 nitrogen and oxygen atoms in total. The number of piperidine rings is 1. The maximum absolute atomic E-state index is 14.5. The second-order valence-corrected chi connectivity index (χ2v) is 9.26. The van der Waals surface area contributed by atoms with E-state index in [0.717, 1.165) is 37.1 Å². The Labute approximate surface area is 190 Å². The summed E-state index contributed by atoms with van der Waals surface area (Å²) < 4.78 is 16.2. The van der Waals surface area contributed by atoms with Gasteiger partial charge in [-0.05, 0) is 44.4 Å². The Balaban J connectivity index is 1.27. The smallest absolute Gasteiger partial charge is 0.246 e. The van der Waals surface area contributed by atoms with Gasteiger partial charge in [0, 0.05) is 42.9 Å². The van der Waals surface area contributed by atoms with Crippen molar-refractivity contribution in [1.29, 1.82) is 0 Å². The minimum absolute atomic E-state index is 0.0668. The third-order valence-corrected chi connectivity index (χ3v) is 6.69. The SMILES string of the molecule is O=C(N[C@@H]1CCCNC1)[C@@H]1C[C@@H](F)CN1c1nc(Nc2cc(C3CC3)[nH]n2)c2cccn2n1. The quantitative estimate of drug-likeness (QED) is 0.450. The van der Waals surface area contributed by atoms with Crippen molar-refractivity contribution in [2.75, 3.05) is 29.9 Å². The van der Waals surface area contributed by atoms with Crippen LogP contribution in [0, 0.1) is 0 Å². The van der Waals surface area contributed by atoms with Crippen LogP contribution in [0.5, 0.6) is 0 Å². The molecule has 3 fully saturated rings. The van der Waals surface area contributed by atoms with Gasteiger partial charge in [0.2, 0.25) is 11.9 Å². The van der Waals surface area contributed by atoms with Gasteiger partial charge < -0.3 is 20.9 Å². The molecule has 0 unspecified atom stereocenters. The Morgan fingerprint density at radius 2 is 2.18 bits per heavy atom. The average Bonchev–Trinajstić information content (AvgIpc) is 3.20. The van der Waals surface area contributed by atoms with Crippen molar-refractivity contribution in [3.05, 3.63) is 30.1 Å². The molecule has 2 saturated heterocycles. The maximum atomic E-state index is 14.5. The van der Waals surface area contributed by atoms with E-state index in [9.17, 15) is 9.18 Å². The Bertz CT molecular complexity index is 1150. The van der Waals surface area contributed by atoms with Gasteiger partial charge >= 0.3 is 0 Å². The summed E-state index contributed by atoms with van der Waals surface area (Å²) in [5, 5.41) is 21.7. The van der Waals surface area contributed by atoms with Crippen molar-refractivity contribution in [3.8, 4) is 0 Å². The first-order valence-corrected chi connectivity index (χ1v) is 11.7. The van der Waals surface area contributed by atoms with Crippen LogP contribution in [0.25, 0.3) is 5.52 Å². The molecule has 174 valence electrons. The van der Waals surface area contributed by atoms with Gasteiger partial charge in [-0.25, -0.2) is 8.91 Å². The molecule has 1 amide bonds. The highest BCUT2D eigenvalue weighted by molar-refractivity contribution is 5.86. The molecule has 2 aliphatic heterocycles. The van der Waals surface area contributed by atoms with E-state index in [-0.39, 0.29) is 24.9 Å². The van der Waals surface area contributed by atoms with Crippen LogP contribution >= 0.6 is 0 Å². The third kappa shape index (κ3) is 4.12. The molecule has 0 radical (unpaired) electrons. The monoisotopic (exact) mass is 453 g/mol. The number of rotatable bonds is 6. The number of hydrogen-bond acceptors (Lipinski definition) is 7. The van der Waals surface area contributed by atoms with Crippen molar-refractivity contribution >= 4 is 29.0 Å². The molecule has 11 heteroatoms. The molecule has 0 bridgehead atoms. The zero-order valence-corrected chi connectivity index (χ0v) is 18.3. The molecular formula is C22H28FN9O. The number of H-pyrrole nitrogens is 1. The summed E-state index contributed by atoms with van der Waals surface area (Å²) in [4.78, 5) is 19.5. The van der Waals surface area contributed by atoms with Crippen LogP contribution in [0.4, 0.5) is 22.0 Å². The first kappa shape index (κ1) is 20.4. The van der Waals surface area contributed by atoms with Gasteiger partial charge in [-0.1, -0.05) is 0 Å². The average molecular weight is 454 g/mol. The molecule has 3 aliphatic rings. The van der Waals surface area contributed by atoms with E-state index in [4.69, 9.17) is 4.98 Å². The topological polar surface area (TPSA) is 115 Å². The van der Waals surface area contributed by atoms with Crippen LogP contribution in [0.3, 0.4) is 0 Å². The van der Waals surface area contributed by atoms with Gasteiger partial charge in [0.05, 0.1) is 6.54 Å². The lowest BCUT2D eigenvalue weighted by atomic mass is 10.1. The summed E-state index contributed by atoms with van der Waals surface area (Å²) in [6.07, 6.45) is 5.14. The van der Waals surface area contributed by atoms with Gasteiger partial charge in [0.1, 0.15) is 17.7 Å². The van der Waals surface area contributed by atoms with E-state index < -0.39 is 12.2 Å². The van der Waals surface area contributed by atoms with Crippen LogP contribution in [-0.2, 0) is 4.79 Å². The summed E-state index contributed by atoms with van der Waals surface area (Å²) in [5.41, 5.74) is 1.90. The van der Waals surface area contributed by atoms with Crippen LogP contribution in [0.1, 0.15) is 43.7 Å². The number of anilines is 3. The van der Waals surface area contributed by atoms with Crippen molar-refractivity contribution in [3.63, 3.8) is 0 Å². The third-order valence-electron chi connectivity index (χ3n) is 6.69. The lowest BCUT2D eigenvalue weighted by Gasteiger charge is -2.28. The fourth-order valence-electron chi connectivity index (χ4n) is 4.79. The molecule has 3 aromatic heterocycles. The van der Waals surface area contributed by atoms with E-state index in [1.165, 1.54) is 12.8 Å². The number of halogens is 1. The maximum Gasteiger partial charge on any atom is 0.246 e. The molecule has 5 heterocycles. The number of nitrogens with one attached hydrogen (secondary N) is 4. The van der Waals surface area contributed by atoms with Crippen molar-refractivity contribution in [2.45, 2.75) is 56.3 Å². The first-order chi connectivity index (χ1) is 16.1. The summed E-state index contributed by atoms with van der Waals surface area (Å²) in [5.74, 6) is 1.95. The van der Waals surface area contributed by atoms with Gasteiger partial charge in [0.15, 0.2) is 11.6 Å². The lowest BCUT2D eigenvalue weighted by molar-refractivity contribution is -0.123. The van der Waals surface area contributed by atoms with Crippen LogP contribution in [-0.4, -0.2) is 68.6 Å². The van der Waals surface area contributed by atoms with Crippen molar-refractivity contribution in [2.24, 2.45) is 0 Å². The molecule has 0 spiro atoms. The molecule has 1 aliphatic carbocycles. The van der Waals surface area contributed by atoms with E-state index in [1.54, 1.807) is 9.42 Å². The minimum Gasteiger partial charge on any atom is -0.350 e. The number of aromatic nitrogens is 5. The predicted molar refractivity (Wildman–Crippen MR) is 122 cm³/mol. The second kappa shape index (κ2) is 8.29. The summed E-state index contributed by atoms with van der Waals surface area (Å²) in [7, 11) is 0. The molecule has 33 heavy (non-hydrogen) atoms. The zero-order valence-electron chi connectivity index (χ0n) is 18.3. The van der Waals surface area contributed by atoms with Crippen LogP contribution in [0.2, 0.25) is 0 Å². The number of carbonyl (C=O) groups is 1. The number of amides is 1. The fourth-order valence-corrected chi connectivity index (χ4v) is 4.79. The summed E-state index contributed by atoms with van der Waals surface area (Å²) >= 11 is 0. The predicted octanol–water partition coefficient (Wildman–Crippen LogP) is 1.86. The van der Waals surface area contributed by atoms with Gasteiger partial charge in [-0.3, -0.25) is 9.89 Å². The van der Waals surface area contributed by atoms with Crippen LogP contribution in [0.15, 0.2) is 24.4 Å². The molecule has 6 rings (SSSR count). The number of fused-ring (bicyclic) bond motifs is 1. The van der Waals surface area contributed by atoms with Crippen LogP contribution < -0.4 is 20.9 Å². The standard InChI is InChI=1S/C22H28FN9O/c23-14-9-18(21(33)25-15-3-1-7-24-11-15)31(12-14)22-27-20(17-4-2-8-32(17)30-22)26-19-10-16(28-29-19)13-5-6-13/h2,4,8,10,13-15,18,24H,1,3,5-7,9,11-12H2,(H,25,33)(H2,26,27,28,29,30)/t14-,15-,18+/m1/s1. The Morgan fingerprint density at radius 1 is 1.27 bits per heavy atom. The highest BCUT2D eigenvalue weighted by atomic mass is 19.1. The number of hydrogen-bond donors (Lipinski definition) is 4. The van der Waals surface area contributed by atoms with E-state index in [1.807, 2.05) is 24.4 Å². The largest absolute Gasteiger partial charge is 0.350 e. The zero-order chi connectivity index (χ0) is 22.4. The normalized spacial score (nSPS) is 25.5. The van der Waals surface area contributed by atoms with Gasteiger partial charge in [-0.15, -0.1) is 5.10 Å². The van der Waals surface area contributed by atoms with E-state index in [0.29, 0.717) is 23.5 Å². The van der Waals surface area contributed by atoms with Crippen molar-refractivity contribution in [1.82, 2.24) is 35.4 Å². The summed E-state index contributed by atoms with van der Waals surface area (Å²) in [6.45, 7) is 1.79. The molecule has 3 aromatic rings. The highest BCUT2D eigenvalue weighted by Crippen LogP contribution is 2.39. The van der Waals surface area contributed by atoms with E-state index in [2.05, 4.69) is 31.2 Å². The molecular weight excluding hydrogens is 425 g/mol.